The highest BCUT2D eigenvalue weighted by atomic mass is 32.2. The summed E-state index contributed by atoms with van der Waals surface area (Å²) in [5, 5.41) is 12.3. The van der Waals surface area contributed by atoms with Crippen LogP contribution in [-0.2, 0) is 20.9 Å². The first-order valence-corrected chi connectivity index (χ1v) is 24.0. The number of fused-ring (bicyclic) bond motifs is 2. The van der Waals surface area contributed by atoms with Crippen molar-refractivity contribution < 1.29 is 13.0 Å². The molecule has 0 aromatic heterocycles. The smallest absolute Gasteiger partial charge is 0.264 e. The van der Waals surface area contributed by atoms with Gasteiger partial charge in [-0.3, -0.25) is 4.55 Å². The average molecular weight is 842 g/mol. The summed E-state index contributed by atoms with van der Waals surface area (Å²) in [6.45, 7) is 13.1. The minimum atomic E-state index is -3.96. The van der Waals surface area contributed by atoms with Gasteiger partial charge in [-0.2, -0.15) is 8.42 Å². The summed E-state index contributed by atoms with van der Waals surface area (Å²) in [5.74, 6) is -0.224. The first kappa shape index (κ1) is 44.8. The van der Waals surface area contributed by atoms with Crippen LogP contribution in [0.2, 0.25) is 0 Å². The summed E-state index contributed by atoms with van der Waals surface area (Å²) < 4.78 is 31.7. The molecule has 0 aliphatic heterocycles. The van der Waals surface area contributed by atoms with Crippen molar-refractivity contribution in [2.24, 2.45) is 0 Å². The second kappa shape index (κ2) is 20.2. The number of thioether (sulfide) groups is 1. The number of hydrogen-bond acceptors (Lipinski definition) is 6. The molecule has 0 saturated carbocycles. The molecule has 60 heavy (non-hydrogen) atoms. The zero-order valence-corrected chi connectivity index (χ0v) is 37.7. The molecule has 1 aliphatic carbocycles. The highest BCUT2D eigenvalue weighted by molar-refractivity contribution is 8.03. The number of allylic oxidation sites excluding steroid dienone is 7. The van der Waals surface area contributed by atoms with Gasteiger partial charge in [-0.05, 0) is 131 Å². The van der Waals surface area contributed by atoms with E-state index < -0.39 is 10.1 Å². The second-order valence-electron chi connectivity index (χ2n) is 17.3. The van der Waals surface area contributed by atoms with E-state index in [0.717, 1.165) is 56.4 Å². The van der Waals surface area contributed by atoms with Crippen molar-refractivity contribution >= 4 is 60.5 Å². The summed E-state index contributed by atoms with van der Waals surface area (Å²) >= 11 is 1.83. The fourth-order valence-electron chi connectivity index (χ4n) is 8.38. The zero-order valence-electron chi connectivity index (χ0n) is 36.1. The van der Waals surface area contributed by atoms with Crippen LogP contribution in [0.25, 0.3) is 21.5 Å². The molecule has 0 spiro atoms. The summed E-state index contributed by atoms with van der Waals surface area (Å²) in [6.07, 6.45) is 19.0. The normalized spacial score (nSPS) is 14.9. The molecule has 5 aromatic carbocycles. The van der Waals surface area contributed by atoms with E-state index >= 15 is 0 Å². The molecule has 0 amide bonds. The first-order valence-electron chi connectivity index (χ1n) is 21.5. The molecular formula is C52H63N3O3S2. The van der Waals surface area contributed by atoms with Gasteiger partial charge in [-0.25, -0.2) is 0 Å². The Hall–Kier alpha value is -4.76. The SMILES string of the molecule is CCCCNc1ccc2ccccc2c1C(C)(C)/C=C\C=C1/CCCC(/C=C/CC(C)(C)c2c(NCCCCS(=O)(=O)O)ccc3ccccc23)=C1Sc1ccc(N)cc1. The average Bonchev–Trinajstić information content (AvgIpc) is 3.21. The number of anilines is 3. The molecule has 0 fully saturated rings. The van der Waals surface area contributed by atoms with Crippen molar-refractivity contribution in [1.82, 2.24) is 0 Å². The van der Waals surface area contributed by atoms with Crippen LogP contribution < -0.4 is 16.4 Å². The lowest BCUT2D eigenvalue weighted by Crippen LogP contribution is -2.20. The van der Waals surface area contributed by atoms with E-state index in [4.69, 9.17) is 5.73 Å². The van der Waals surface area contributed by atoms with Gasteiger partial charge in [0.15, 0.2) is 0 Å². The topological polar surface area (TPSA) is 104 Å². The third-order valence-corrected chi connectivity index (χ3v) is 13.5. The van der Waals surface area contributed by atoms with E-state index in [1.54, 1.807) is 0 Å². The van der Waals surface area contributed by atoms with Gasteiger partial charge in [-0.1, -0.05) is 144 Å². The summed E-state index contributed by atoms with van der Waals surface area (Å²) in [5.41, 5.74) is 14.0. The molecule has 1 aliphatic rings. The van der Waals surface area contributed by atoms with Gasteiger partial charge in [0.2, 0.25) is 0 Å². The molecule has 0 saturated heterocycles. The number of unbranched alkanes of at least 4 members (excludes halogenated alkanes) is 2. The Morgan fingerprint density at radius 2 is 1.38 bits per heavy atom. The Balaban J connectivity index is 1.30. The standard InChI is InChI=1S/C52H63N3O3S2/c1-6-7-35-54-46-31-25-38-17-8-10-23-44(38)48(46)51(2,3)33-15-21-40-19-14-20-41(50(40)59-43-29-27-42(53)28-30-43)22-16-34-52(4,5)49-45-24-11-9-18-39(45)26-32-47(49)55-36-12-13-37-60(56,57)58/h8-11,15-18,21-33,54-55H,6-7,12-14,19-20,34-37,53H2,1-5H3,(H,56,57,58)/b22-16+,33-15-,40-21+. The predicted octanol–water partition coefficient (Wildman–Crippen LogP) is 13.8. The van der Waals surface area contributed by atoms with Crippen LogP contribution in [0.1, 0.15) is 97.1 Å². The Bertz CT molecular complexity index is 2500. The lowest BCUT2D eigenvalue weighted by Gasteiger charge is -2.29. The van der Waals surface area contributed by atoms with Crippen LogP contribution in [0.15, 0.2) is 148 Å². The van der Waals surface area contributed by atoms with Gasteiger partial charge in [-0.15, -0.1) is 0 Å². The summed E-state index contributed by atoms with van der Waals surface area (Å²) in [4.78, 5) is 2.48. The molecule has 0 atom stereocenters. The zero-order chi connectivity index (χ0) is 42.8. The van der Waals surface area contributed by atoms with Crippen molar-refractivity contribution in [3.63, 3.8) is 0 Å². The van der Waals surface area contributed by atoms with E-state index in [1.807, 2.05) is 23.9 Å². The fraction of sp³-hybridized carbons (Fsp3) is 0.346. The molecule has 5 N–H and O–H groups in total. The van der Waals surface area contributed by atoms with Gasteiger partial charge >= 0.3 is 0 Å². The molecule has 316 valence electrons. The summed E-state index contributed by atoms with van der Waals surface area (Å²) in [6, 6.07) is 34.2. The predicted molar refractivity (Wildman–Crippen MR) is 260 cm³/mol. The van der Waals surface area contributed by atoms with E-state index in [0.29, 0.717) is 19.4 Å². The Morgan fingerprint density at radius 1 is 0.767 bits per heavy atom. The van der Waals surface area contributed by atoms with E-state index in [1.165, 1.54) is 59.3 Å². The fourth-order valence-corrected chi connectivity index (χ4v) is 10.1. The quantitative estimate of drug-likeness (QED) is 0.0373. The third kappa shape index (κ3) is 11.7. The van der Waals surface area contributed by atoms with Crippen LogP contribution in [-0.4, -0.2) is 31.8 Å². The van der Waals surface area contributed by atoms with Crippen LogP contribution >= 0.6 is 11.8 Å². The third-order valence-electron chi connectivity index (χ3n) is 11.5. The van der Waals surface area contributed by atoms with Gasteiger partial charge in [0.1, 0.15) is 0 Å². The number of benzene rings is 5. The van der Waals surface area contributed by atoms with Crippen LogP contribution in [0, 0.1) is 0 Å². The minimum absolute atomic E-state index is 0.216. The lowest BCUT2D eigenvalue weighted by atomic mass is 9.77. The maximum atomic E-state index is 11.3. The van der Waals surface area contributed by atoms with Gasteiger partial charge in [0.25, 0.3) is 10.1 Å². The first-order chi connectivity index (χ1) is 28.8. The maximum Gasteiger partial charge on any atom is 0.264 e. The molecule has 0 radical (unpaired) electrons. The highest BCUT2D eigenvalue weighted by Crippen LogP contribution is 2.44. The Kier molecular flexibility index (Phi) is 15.1. The lowest BCUT2D eigenvalue weighted by molar-refractivity contribution is 0.480. The monoisotopic (exact) mass is 841 g/mol. The van der Waals surface area contributed by atoms with Crippen molar-refractivity contribution in [2.45, 2.75) is 102 Å². The molecule has 0 unspecified atom stereocenters. The van der Waals surface area contributed by atoms with Crippen molar-refractivity contribution in [2.75, 3.05) is 35.2 Å². The van der Waals surface area contributed by atoms with E-state index in [2.05, 4.69) is 161 Å². The van der Waals surface area contributed by atoms with Gasteiger partial charge in [0.05, 0.1) is 5.75 Å². The summed E-state index contributed by atoms with van der Waals surface area (Å²) in [7, 11) is -3.96. The highest BCUT2D eigenvalue weighted by Gasteiger charge is 2.27. The molecule has 6 nitrogen and oxygen atoms in total. The number of rotatable bonds is 19. The van der Waals surface area contributed by atoms with Crippen molar-refractivity contribution in [3.8, 4) is 0 Å². The number of nitrogens with one attached hydrogen (secondary N) is 2. The number of nitrogen functional groups attached to an aromatic ring is 1. The Morgan fingerprint density at radius 3 is 2.03 bits per heavy atom. The molecule has 0 bridgehead atoms. The van der Waals surface area contributed by atoms with Crippen LogP contribution in [0.3, 0.4) is 0 Å². The van der Waals surface area contributed by atoms with Crippen LogP contribution in [0.4, 0.5) is 17.1 Å². The van der Waals surface area contributed by atoms with E-state index in [-0.39, 0.29) is 16.6 Å². The Labute approximate surface area is 363 Å². The molecule has 0 heterocycles. The molecular weight excluding hydrogens is 779 g/mol. The van der Waals surface area contributed by atoms with Gasteiger partial charge < -0.3 is 16.4 Å². The number of hydrogen-bond donors (Lipinski definition) is 4. The molecule has 5 aromatic rings. The van der Waals surface area contributed by atoms with Crippen molar-refractivity contribution in [1.29, 1.82) is 0 Å². The second-order valence-corrected chi connectivity index (χ2v) is 19.9. The maximum absolute atomic E-state index is 11.3. The molecule has 6 rings (SSSR count). The largest absolute Gasteiger partial charge is 0.399 e. The van der Waals surface area contributed by atoms with Crippen LogP contribution in [0.5, 0.6) is 0 Å². The van der Waals surface area contributed by atoms with E-state index in [9.17, 15) is 13.0 Å². The molecule has 8 heteroatoms. The van der Waals surface area contributed by atoms with Crippen molar-refractivity contribution in [3.05, 3.63) is 155 Å². The number of nitrogens with two attached hydrogens (primary N) is 1. The van der Waals surface area contributed by atoms with Gasteiger partial charge in [0, 0.05) is 45.4 Å². The minimum Gasteiger partial charge on any atom is -0.399 e.